The van der Waals surface area contributed by atoms with Crippen LogP contribution in [0.25, 0.3) is 0 Å². The fraction of sp³-hybridized carbons (Fsp3) is 0.750. The molecule has 2 rings (SSSR count). The minimum absolute atomic E-state index is 0.0844. The van der Waals surface area contributed by atoms with Crippen LogP contribution < -0.4 is 27.4 Å². The van der Waals surface area contributed by atoms with Crippen molar-refractivity contribution >= 4 is 29.7 Å². The molecule has 204 valence electrons. The molecule has 2 aliphatic rings. The quantitative estimate of drug-likeness (QED) is 0.130. The van der Waals surface area contributed by atoms with Crippen molar-refractivity contribution in [1.29, 1.82) is 0 Å². The lowest BCUT2D eigenvalue weighted by atomic mass is 10.1. The fourth-order valence-corrected chi connectivity index (χ4v) is 3.44. The van der Waals surface area contributed by atoms with Gasteiger partial charge in [0.25, 0.3) is 6.35 Å². The second-order valence-electron chi connectivity index (χ2n) is 8.34. The van der Waals surface area contributed by atoms with Crippen LogP contribution in [0.2, 0.25) is 0 Å². The molecule has 0 saturated carbocycles. The van der Waals surface area contributed by atoms with E-state index in [2.05, 4.69) is 16.0 Å². The fourth-order valence-electron chi connectivity index (χ4n) is 3.44. The summed E-state index contributed by atoms with van der Waals surface area (Å²) in [6, 6.07) is -0.694. The van der Waals surface area contributed by atoms with E-state index < -0.39 is 36.2 Å². The summed E-state index contributed by atoms with van der Waals surface area (Å²) in [6.45, 7) is 1.49. The van der Waals surface area contributed by atoms with Gasteiger partial charge in [0.1, 0.15) is 6.54 Å². The average Bonchev–Trinajstić information content (AvgIpc) is 3.19. The highest BCUT2D eigenvalue weighted by Gasteiger charge is 2.41. The molecule has 0 radical (unpaired) electrons. The number of esters is 1. The third kappa shape index (κ3) is 10.4. The Kier molecular flexibility index (Phi) is 12.4. The molecule has 1 unspecified atom stereocenters. The van der Waals surface area contributed by atoms with Gasteiger partial charge in [0.05, 0.1) is 30.9 Å². The van der Waals surface area contributed by atoms with E-state index >= 15 is 0 Å². The number of hydroxylamine groups is 2. The first-order chi connectivity index (χ1) is 17.2. The Morgan fingerprint density at radius 1 is 1.19 bits per heavy atom. The normalized spacial score (nSPS) is 21.3. The Balaban J connectivity index is 1.93. The summed E-state index contributed by atoms with van der Waals surface area (Å²) >= 11 is 0. The van der Waals surface area contributed by atoms with E-state index in [1.807, 2.05) is 4.90 Å². The summed E-state index contributed by atoms with van der Waals surface area (Å²) in [4.78, 5) is 73.2. The Morgan fingerprint density at radius 2 is 1.97 bits per heavy atom. The number of nitrogens with zero attached hydrogens (tertiary/aromatic N) is 3. The van der Waals surface area contributed by atoms with Gasteiger partial charge in [0, 0.05) is 32.7 Å². The molecule has 0 spiro atoms. The molecule has 2 aliphatic heterocycles. The average molecular weight is 517 g/mol. The molecule has 2 heterocycles. The molecule has 0 aliphatic carbocycles. The van der Waals surface area contributed by atoms with Crippen molar-refractivity contribution in [2.24, 2.45) is 11.5 Å². The maximum Gasteiger partial charge on any atom is 0.343 e. The predicted molar refractivity (Wildman–Crippen MR) is 123 cm³/mol. The minimum atomic E-state index is -1.26. The highest BCUT2D eigenvalue weighted by Crippen LogP contribution is 2.17. The van der Waals surface area contributed by atoms with Crippen LogP contribution in [0.5, 0.6) is 0 Å². The van der Waals surface area contributed by atoms with Crippen molar-refractivity contribution in [2.45, 2.75) is 31.7 Å². The van der Waals surface area contributed by atoms with Crippen LogP contribution in [0.15, 0.2) is 0 Å². The third-order valence-corrected chi connectivity index (χ3v) is 5.34. The Morgan fingerprint density at radius 3 is 2.69 bits per heavy atom. The largest absolute Gasteiger partial charge is 0.425 e. The number of primary amides is 1. The number of amides is 2. The lowest BCUT2D eigenvalue weighted by Crippen LogP contribution is -2.52. The highest BCUT2D eigenvalue weighted by molar-refractivity contribution is 5.79. The topological polar surface area (TPSA) is 211 Å². The molecule has 7 N–H and O–H groups in total. The van der Waals surface area contributed by atoms with Crippen molar-refractivity contribution in [3.05, 3.63) is 0 Å². The highest BCUT2D eigenvalue weighted by atomic mass is 17.0. The zero-order valence-corrected chi connectivity index (χ0v) is 20.4. The number of unbranched alkanes of at least 4 members (excludes halogenated alkanes) is 1. The molecule has 2 amide bonds. The number of likely N-dealkylation sites (N-methyl/N-ethyl adjacent to an activating group) is 1. The number of carbonyl (C=O) groups is 5. The Labute approximate surface area is 208 Å². The predicted octanol–water partition coefficient (Wildman–Crippen LogP) is -4.43. The van der Waals surface area contributed by atoms with Gasteiger partial charge in [-0.3, -0.25) is 19.3 Å². The SMILES string of the molecule is CNCC(=O)ON1OC(=O)CNCCN(CC(=O)NCCCC[C@@H](N)C(N)=O)CCN2CC(=O)OC21. The number of rotatable bonds is 11. The zero-order chi connectivity index (χ0) is 26.5. The second kappa shape index (κ2) is 15.3. The minimum Gasteiger partial charge on any atom is -0.425 e. The van der Waals surface area contributed by atoms with Gasteiger partial charge in [-0.1, -0.05) is 0 Å². The van der Waals surface area contributed by atoms with Gasteiger partial charge in [-0.25, -0.2) is 14.5 Å². The van der Waals surface area contributed by atoms with Crippen LogP contribution >= 0.6 is 0 Å². The van der Waals surface area contributed by atoms with Crippen molar-refractivity contribution in [1.82, 2.24) is 31.0 Å². The van der Waals surface area contributed by atoms with Crippen molar-refractivity contribution in [3.8, 4) is 0 Å². The van der Waals surface area contributed by atoms with Crippen LogP contribution in [0.3, 0.4) is 0 Å². The summed E-state index contributed by atoms with van der Waals surface area (Å²) < 4.78 is 5.22. The molecule has 0 aromatic carbocycles. The number of hydrogen-bond donors (Lipinski definition) is 5. The Bertz CT molecular complexity index is 785. The summed E-state index contributed by atoms with van der Waals surface area (Å²) in [5, 5.41) is 8.93. The zero-order valence-electron chi connectivity index (χ0n) is 20.4. The molecule has 2 fully saturated rings. The third-order valence-electron chi connectivity index (χ3n) is 5.34. The smallest absolute Gasteiger partial charge is 0.343 e. The van der Waals surface area contributed by atoms with Gasteiger partial charge in [0.15, 0.2) is 0 Å². The first-order valence-electron chi connectivity index (χ1n) is 11.7. The van der Waals surface area contributed by atoms with Gasteiger partial charge >= 0.3 is 17.9 Å². The number of hydrogen-bond acceptors (Lipinski definition) is 14. The van der Waals surface area contributed by atoms with Crippen molar-refractivity contribution < 1.29 is 38.4 Å². The van der Waals surface area contributed by atoms with E-state index in [1.165, 1.54) is 4.90 Å². The maximum absolute atomic E-state index is 12.4. The molecule has 16 heteroatoms. The molecule has 16 nitrogen and oxygen atoms in total. The van der Waals surface area contributed by atoms with E-state index in [-0.39, 0.29) is 38.6 Å². The lowest BCUT2D eigenvalue weighted by Gasteiger charge is -2.31. The van der Waals surface area contributed by atoms with Gasteiger partial charge in [-0.05, 0) is 26.3 Å². The number of nitrogens with one attached hydrogen (secondary N) is 3. The lowest BCUT2D eigenvalue weighted by molar-refractivity contribution is -0.391. The van der Waals surface area contributed by atoms with Gasteiger partial charge in [-0.15, -0.1) is 0 Å². The van der Waals surface area contributed by atoms with E-state index in [0.717, 1.165) is 0 Å². The van der Waals surface area contributed by atoms with Crippen LogP contribution in [-0.2, 0) is 38.4 Å². The van der Waals surface area contributed by atoms with Gasteiger partial charge < -0.3 is 41.8 Å². The Hall–Kier alpha value is -2.89. The van der Waals surface area contributed by atoms with Crippen LogP contribution in [0.1, 0.15) is 19.3 Å². The number of fused-ring (bicyclic) bond motifs is 1. The monoisotopic (exact) mass is 516 g/mol. The molecular formula is C20H36N8O8. The number of nitrogens with two attached hydrogens (primary N) is 2. The molecular weight excluding hydrogens is 480 g/mol. The summed E-state index contributed by atoms with van der Waals surface area (Å²) in [5.41, 5.74) is 10.7. The summed E-state index contributed by atoms with van der Waals surface area (Å²) in [5.74, 6) is -2.84. The molecule has 0 aromatic heterocycles. The van der Waals surface area contributed by atoms with Gasteiger partial charge in [-0.2, -0.15) is 0 Å². The van der Waals surface area contributed by atoms with E-state index in [9.17, 15) is 24.0 Å². The van der Waals surface area contributed by atoms with E-state index in [4.69, 9.17) is 25.9 Å². The van der Waals surface area contributed by atoms with E-state index in [1.54, 1.807) is 7.05 Å². The molecule has 0 aromatic rings. The first-order valence-corrected chi connectivity index (χ1v) is 11.7. The molecule has 36 heavy (non-hydrogen) atoms. The summed E-state index contributed by atoms with van der Waals surface area (Å²) in [7, 11) is 1.54. The summed E-state index contributed by atoms with van der Waals surface area (Å²) in [6.07, 6.45) is 0.482. The number of carbonyl (C=O) groups excluding carboxylic acids is 5. The number of ether oxygens (including phenoxy) is 1. The van der Waals surface area contributed by atoms with Crippen LogP contribution in [0, 0.1) is 0 Å². The van der Waals surface area contributed by atoms with Crippen LogP contribution in [-0.4, -0.2) is 123 Å². The van der Waals surface area contributed by atoms with Gasteiger partial charge in [0.2, 0.25) is 11.8 Å². The van der Waals surface area contributed by atoms with Crippen LogP contribution in [0.4, 0.5) is 0 Å². The van der Waals surface area contributed by atoms with E-state index in [0.29, 0.717) is 50.7 Å². The molecule has 0 bridgehead atoms. The molecule has 2 atom stereocenters. The van der Waals surface area contributed by atoms with Crippen molar-refractivity contribution in [3.63, 3.8) is 0 Å². The maximum atomic E-state index is 12.4. The standard InChI is InChI=1S/C20H36N8O8/c1-23-10-16(30)35-28-20-27(13-18(32)34-20)9-8-26(7-6-24-11-17(31)36-28)12-15(29)25-5-3-2-4-14(21)19(22)33/h14,20,23-24H,2-13,21H2,1H3,(H2,22,33)(H,25,29)/t14-,20?/m1/s1. The van der Waals surface area contributed by atoms with Crippen molar-refractivity contribution in [2.75, 3.05) is 66.0 Å². The second-order valence-corrected chi connectivity index (χ2v) is 8.34. The molecule has 2 saturated heterocycles. The first kappa shape index (κ1) is 29.3.